The van der Waals surface area contributed by atoms with E-state index in [9.17, 15) is 37.8 Å². The maximum atomic E-state index is 13.1. The molecule has 0 aliphatic carbocycles. The fourth-order valence-electron chi connectivity index (χ4n) is 4.31. The quantitative estimate of drug-likeness (QED) is 0.245. The highest BCUT2D eigenvalue weighted by Crippen LogP contribution is 2.29. The summed E-state index contributed by atoms with van der Waals surface area (Å²) in [6.07, 6.45) is -3.50. The van der Waals surface area contributed by atoms with Crippen molar-refractivity contribution in [3.05, 3.63) is 106 Å². The maximum absolute atomic E-state index is 13.1. The largest absolute Gasteiger partial charge is 0.508 e. The first kappa shape index (κ1) is 29.1. The number of halogens is 3. The van der Waals surface area contributed by atoms with Crippen molar-refractivity contribution in [3.63, 3.8) is 0 Å². The number of ether oxygens (including phenoxy) is 1. The van der Waals surface area contributed by atoms with Crippen LogP contribution < -0.4 is 5.32 Å². The minimum Gasteiger partial charge on any atom is -0.508 e. The zero-order valence-corrected chi connectivity index (χ0v) is 21.7. The first-order chi connectivity index (χ1) is 19.4. The highest BCUT2D eigenvalue weighted by molar-refractivity contribution is 6.06. The molecule has 1 amide bonds. The summed E-state index contributed by atoms with van der Waals surface area (Å²) in [6.45, 7) is 0. The summed E-state index contributed by atoms with van der Waals surface area (Å²) in [5, 5.41) is 22.2. The van der Waals surface area contributed by atoms with E-state index in [4.69, 9.17) is 4.74 Å². The molecule has 0 aliphatic heterocycles. The molecule has 8 nitrogen and oxygen atoms in total. The number of carbonyl (C=O) groups is 3. The van der Waals surface area contributed by atoms with Crippen molar-refractivity contribution in [1.82, 2.24) is 10.3 Å². The number of rotatable bonds is 9. The first-order valence-electron chi connectivity index (χ1n) is 12.4. The number of aryl methyl sites for hydroxylation is 2. The Morgan fingerprint density at radius 3 is 2.12 bits per heavy atom. The molecule has 3 aromatic carbocycles. The van der Waals surface area contributed by atoms with Gasteiger partial charge in [0.25, 0.3) is 5.91 Å². The molecule has 0 aliphatic rings. The van der Waals surface area contributed by atoms with Gasteiger partial charge >= 0.3 is 18.1 Å². The third-order valence-corrected chi connectivity index (χ3v) is 6.49. The summed E-state index contributed by atoms with van der Waals surface area (Å²) in [5.41, 5.74) is 1.17. The Morgan fingerprint density at radius 1 is 0.902 bits per heavy atom. The molecule has 0 radical (unpaired) electrons. The van der Waals surface area contributed by atoms with Crippen LogP contribution in [0.2, 0.25) is 0 Å². The summed E-state index contributed by atoms with van der Waals surface area (Å²) in [7, 11) is 1.17. The molecular formula is C30H25F3N2O6. The predicted molar refractivity (Wildman–Crippen MR) is 143 cm³/mol. The number of phenolic OH excluding ortho intramolecular Hbond substituents is 1. The lowest BCUT2D eigenvalue weighted by Gasteiger charge is -2.17. The van der Waals surface area contributed by atoms with Gasteiger partial charge in [-0.15, -0.1) is 0 Å². The summed E-state index contributed by atoms with van der Waals surface area (Å²) < 4.78 is 43.2. The molecule has 0 saturated heterocycles. The van der Waals surface area contributed by atoms with Gasteiger partial charge in [0.15, 0.2) is 0 Å². The first-order valence-corrected chi connectivity index (χ1v) is 12.4. The van der Waals surface area contributed by atoms with Crippen molar-refractivity contribution < 1.29 is 42.5 Å². The number of aromatic nitrogens is 1. The number of alkyl halides is 3. The SMILES string of the molecule is COC(=O)[C@H](Cc1ccc(O)cc1)NC(=O)c1cc(C(=O)O)c2cc(CCc3ccc(C(F)(F)F)cc3)ccc2n1. The average molecular weight is 567 g/mol. The number of hydrogen-bond donors (Lipinski definition) is 3. The van der Waals surface area contributed by atoms with Gasteiger partial charge in [-0.2, -0.15) is 13.2 Å². The van der Waals surface area contributed by atoms with E-state index in [0.29, 0.717) is 24.0 Å². The minimum absolute atomic E-state index is 0.0386. The van der Waals surface area contributed by atoms with Crippen LogP contribution in [0.4, 0.5) is 13.2 Å². The molecule has 212 valence electrons. The van der Waals surface area contributed by atoms with E-state index in [-0.39, 0.29) is 34.3 Å². The highest BCUT2D eigenvalue weighted by Gasteiger charge is 2.30. The van der Waals surface area contributed by atoms with Crippen LogP contribution in [-0.4, -0.2) is 46.2 Å². The van der Waals surface area contributed by atoms with Gasteiger partial charge in [0.2, 0.25) is 0 Å². The standard InChI is InChI=1S/C30H25F3N2O6/c1-41-29(40)26(15-19-6-11-21(36)12-7-19)35-27(37)25-16-23(28(38)39)22-14-18(8-13-24(22)34-25)3-2-17-4-9-20(10-5-17)30(31,32)33/h4-14,16,26,36H,2-3,15H2,1H3,(H,35,37)(H,38,39)/t26-/m0/s1. The second-order valence-corrected chi connectivity index (χ2v) is 9.33. The second kappa shape index (κ2) is 12.1. The number of nitrogens with one attached hydrogen (secondary N) is 1. The molecular weight excluding hydrogens is 541 g/mol. The van der Waals surface area contributed by atoms with E-state index in [0.717, 1.165) is 23.8 Å². The van der Waals surface area contributed by atoms with E-state index in [1.807, 2.05) is 0 Å². The molecule has 4 rings (SSSR count). The van der Waals surface area contributed by atoms with E-state index in [1.54, 1.807) is 30.3 Å². The Morgan fingerprint density at radius 2 is 1.51 bits per heavy atom. The zero-order valence-electron chi connectivity index (χ0n) is 21.7. The molecule has 0 unspecified atom stereocenters. The number of pyridine rings is 1. The molecule has 1 aromatic heterocycles. The molecule has 11 heteroatoms. The molecule has 41 heavy (non-hydrogen) atoms. The number of aromatic carboxylic acids is 1. The Labute approximate surface area is 232 Å². The molecule has 0 fully saturated rings. The Kier molecular flexibility index (Phi) is 8.56. The Balaban J connectivity index is 1.55. The van der Waals surface area contributed by atoms with Crippen molar-refractivity contribution in [2.45, 2.75) is 31.5 Å². The number of fused-ring (bicyclic) bond motifs is 1. The lowest BCUT2D eigenvalue weighted by Crippen LogP contribution is -2.43. The number of hydrogen-bond acceptors (Lipinski definition) is 6. The van der Waals surface area contributed by atoms with Gasteiger partial charge in [-0.05, 0) is 72.0 Å². The number of amides is 1. The van der Waals surface area contributed by atoms with E-state index in [2.05, 4.69) is 10.3 Å². The van der Waals surface area contributed by atoms with Crippen LogP contribution in [0.15, 0.2) is 72.8 Å². The summed E-state index contributed by atoms with van der Waals surface area (Å²) in [4.78, 5) is 41.8. The fourth-order valence-corrected chi connectivity index (χ4v) is 4.31. The molecule has 3 N–H and O–H groups in total. The molecule has 4 aromatic rings. The number of benzene rings is 3. The van der Waals surface area contributed by atoms with Crippen LogP contribution in [-0.2, 0) is 35.0 Å². The number of aromatic hydroxyl groups is 1. The Hall–Kier alpha value is -4.93. The van der Waals surface area contributed by atoms with Gasteiger partial charge in [-0.25, -0.2) is 14.6 Å². The third kappa shape index (κ3) is 7.18. The zero-order chi connectivity index (χ0) is 29.7. The fraction of sp³-hybridized carbons (Fsp3) is 0.200. The van der Waals surface area contributed by atoms with Gasteiger partial charge in [0.05, 0.1) is 23.8 Å². The van der Waals surface area contributed by atoms with Crippen molar-refractivity contribution in [2.75, 3.05) is 7.11 Å². The number of nitrogens with zero attached hydrogens (tertiary/aromatic N) is 1. The summed E-state index contributed by atoms with van der Waals surface area (Å²) in [5.74, 6) is -2.75. The van der Waals surface area contributed by atoms with Gasteiger partial charge in [0.1, 0.15) is 17.5 Å². The number of carboxylic acid groups (broad SMARTS) is 1. The lowest BCUT2D eigenvalue weighted by molar-refractivity contribution is -0.143. The molecule has 1 heterocycles. The van der Waals surface area contributed by atoms with Crippen molar-refractivity contribution >= 4 is 28.7 Å². The smallest absolute Gasteiger partial charge is 0.416 e. The van der Waals surface area contributed by atoms with Gasteiger partial charge in [-0.1, -0.05) is 30.3 Å². The van der Waals surface area contributed by atoms with Gasteiger partial charge in [-0.3, -0.25) is 4.79 Å². The lowest BCUT2D eigenvalue weighted by atomic mass is 9.99. The number of carboxylic acids is 1. The van der Waals surface area contributed by atoms with E-state index in [1.165, 1.54) is 31.4 Å². The van der Waals surface area contributed by atoms with Gasteiger partial charge < -0.3 is 20.3 Å². The third-order valence-electron chi connectivity index (χ3n) is 6.49. The van der Waals surface area contributed by atoms with Crippen molar-refractivity contribution in [1.29, 1.82) is 0 Å². The second-order valence-electron chi connectivity index (χ2n) is 9.33. The van der Waals surface area contributed by atoms with Crippen LogP contribution >= 0.6 is 0 Å². The molecule has 0 bridgehead atoms. The summed E-state index contributed by atoms with van der Waals surface area (Å²) >= 11 is 0. The average Bonchev–Trinajstić information content (AvgIpc) is 2.95. The van der Waals surface area contributed by atoms with Gasteiger partial charge in [0, 0.05) is 11.8 Å². The maximum Gasteiger partial charge on any atom is 0.416 e. The Bertz CT molecular complexity index is 1590. The molecule has 0 spiro atoms. The molecule has 1 atom stereocenters. The van der Waals surface area contributed by atoms with Crippen LogP contribution in [0.5, 0.6) is 5.75 Å². The highest BCUT2D eigenvalue weighted by atomic mass is 19.4. The number of carbonyl (C=O) groups excluding carboxylic acids is 2. The van der Waals surface area contributed by atoms with Crippen LogP contribution in [0.1, 0.15) is 43.1 Å². The van der Waals surface area contributed by atoms with Crippen LogP contribution in [0, 0.1) is 0 Å². The number of esters is 1. The van der Waals surface area contributed by atoms with E-state index >= 15 is 0 Å². The monoisotopic (exact) mass is 566 g/mol. The number of phenols is 1. The normalized spacial score (nSPS) is 12.1. The summed E-state index contributed by atoms with van der Waals surface area (Å²) in [6, 6.07) is 15.8. The van der Waals surface area contributed by atoms with Crippen LogP contribution in [0.25, 0.3) is 10.9 Å². The number of methoxy groups -OCH3 is 1. The predicted octanol–water partition coefficient (Wildman–Crippen LogP) is 4.96. The topological polar surface area (TPSA) is 126 Å². The van der Waals surface area contributed by atoms with Crippen LogP contribution in [0.3, 0.4) is 0 Å². The minimum atomic E-state index is -4.42. The van der Waals surface area contributed by atoms with E-state index < -0.39 is 35.6 Å². The molecule has 0 saturated carbocycles. The van der Waals surface area contributed by atoms with Crippen molar-refractivity contribution in [3.8, 4) is 5.75 Å². The van der Waals surface area contributed by atoms with Crippen molar-refractivity contribution in [2.24, 2.45) is 0 Å².